The monoisotopic (exact) mass is 207 g/mol. The van der Waals surface area contributed by atoms with Crippen LogP contribution >= 0.6 is 0 Å². The van der Waals surface area contributed by atoms with Gasteiger partial charge in [0.15, 0.2) is 0 Å². The molecule has 0 fully saturated rings. The molecule has 0 aliphatic heterocycles. The van der Waals surface area contributed by atoms with Gasteiger partial charge in [0.2, 0.25) is 0 Å². The fourth-order valence-corrected chi connectivity index (χ4v) is 1.37. The number of alkyl halides is 3. The van der Waals surface area contributed by atoms with Crippen molar-refractivity contribution >= 4 is 5.97 Å². The van der Waals surface area contributed by atoms with E-state index in [1.807, 2.05) is 0 Å². The van der Waals surface area contributed by atoms with Gasteiger partial charge in [0.1, 0.15) is 11.4 Å². The predicted molar refractivity (Wildman–Crippen MR) is 42.1 cm³/mol. The van der Waals surface area contributed by atoms with Crippen LogP contribution in [0.2, 0.25) is 0 Å². The van der Waals surface area contributed by atoms with E-state index in [4.69, 9.17) is 5.11 Å². The average molecular weight is 207 g/mol. The Balaban J connectivity index is 3.40. The minimum absolute atomic E-state index is 0.0857. The predicted octanol–water partition coefficient (Wildman–Crippen LogP) is 2.05. The number of carboxylic acid groups (broad SMARTS) is 1. The van der Waals surface area contributed by atoms with Crippen molar-refractivity contribution in [2.75, 3.05) is 0 Å². The number of hydrogen-bond acceptors (Lipinski definition) is 1. The van der Waals surface area contributed by atoms with Crippen LogP contribution in [-0.4, -0.2) is 15.6 Å². The highest BCUT2D eigenvalue weighted by Gasteiger charge is 2.37. The van der Waals surface area contributed by atoms with Crippen LogP contribution in [0.5, 0.6) is 0 Å². The number of aromatic nitrogens is 1. The zero-order chi connectivity index (χ0) is 11.1. The Kier molecular flexibility index (Phi) is 2.31. The maximum absolute atomic E-state index is 12.4. The van der Waals surface area contributed by atoms with E-state index in [-0.39, 0.29) is 11.3 Å². The van der Waals surface area contributed by atoms with Crippen LogP contribution < -0.4 is 0 Å². The topological polar surface area (TPSA) is 42.2 Å². The third-order valence-electron chi connectivity index (χ3n) is 1.91. The third kappa shape index (κ3) is 1.59. The summed E-state index contributed by atoms with van der Waals surface area (Å²) >= 11 is 0. The Morgan fingerprint density at radius 1 is 1.50 bits per heavy atom. The van der Waals surface area contributed by atoms with Gasteiger partial charge in [-0.1, -0.05) is 0 Å². The highest BCUT2D eigenvalue weighted by Crippen LogP contribution is 2.33. The Labute approximate surface area is 77.8 Å². The second kappa shape index (κ2) is 3.04. The SMILES string of the molecule is Cc1cc(C(=O)O)n(C)c1C(F)(F)F. The lowest BCUT2D eigenvalue weighted by molar-refractivity contribution is -0.143. The van der Waals surface area contributed by atoms with Gasteiger partial charge in [-0.25, -0.2) is 4.79 Å². The summed E-state index contributed by atoms with van der Waals surface area (Å²) in [6.07, 6.45) is -4.52. The van der Waals surface area contributed by atoms with E-state index in [1.54, 1.807) is 0 Å². The minimum atomic E-state index is -4.52. The molecule has 14 heavy (non-hydrogen) atoms. The van der Waals surface area contributed by atoms with Crippen molar-refractivity contribution < 1.29 is 23.1 Å². The highest BCUT2D eigenvalue weighted by atomic mass is 19.4. The zero-order valence-electron chi connectivity index (χ0n) is 7.51. The summed E-state index contributed by atoms with van der Waals surface area (Å²) in [4.78, 5) is 10.5. The third-order valence-corrected chi connectivity index (χ3v) is 1.91. The summed E-state index contributed by atoms with van der Waals surface area (Å²) in [5, 5.41) is 8.58. The van der Waals surface area contributed by atoms with Gasteiger partial charge in [-0.15, -0.1) is 0 Å². The molecule has 0 saturated carbocycles. The molecule has 1 rings (SSSR count). The fourth-order valence-electron chi connectivity index (χ4n) is 1.37. The van der Waals surface area contributed by atoms with Crippen molar-refractivity contribution in [3.63, 3.8) is 0 Å². The molecule has 0 radical (unpaired) electrons. The van der Waals surface area contributed by atoms with Gasteiger partial charge in [-0.05, 0) is 18.6 Å². The lowest BCUT2D eigenvalue weighted by Gasteiger charge is -2.09. The van der Waals surface area contributed by atoms with Crippen molar-refractivity contribution in [3.8, 4) is 0 Å². The van der Waals surface area contributed by atoms with Gasteiger partial charge in [-0.3, -0.25) is 0 Å². The Morgan fingerprint density at radius 2 is 2.00 bits per heavy atom. The van der Waals surface area contributed by atoms with Crippen molar-refractivity contribution in [1.82, 2.24) is 4.57 Å². The van der Waals surface area contributed by atoms with Crippen LogP contribution in [0.4, 0.5) is 13.2 Å². The van der Waals surface area contributed by atoms with Crippen molar-refractivity contribution in [2.45, 2.75) is 13.1 Å². The first-order valence-electron chi connectivity index (χ1n) is 3.72. The molecule has 1 N–H and O–H groups in total. The van der Waals surface area contributed by atoms with Crippen LogP contribution in [0.25, 0.3) is 0 Å². The summed E-state index contributed by atoms with van der Waals surface area (Å²) < 4.78 is 37.8. The molecule has 0 saturated heterocycles. The Hall–Kier alpha value is -1.46. The molecular weight excluding hydrogens is 199 g/mol. The van der Waals surface area contributed by atoms with E-state index in [1.165, 1.54) is 6.92 Å². The summed E-state index contributed by atoms with van der Waals surface area (Å²) in [6, 6.07) is 1.01. The van der Waals surface area contributed by atoms with Gasteiger partial charge in [0.25, 0.3) is 0 Å². The largest absolute Gasteiger partial charge is 0.477 e. The molecule has 0 unspecified atom stereocenters. The van der Waals surface area contributed by atoms with Crippen LogP contribution in [0.3, 0.4) is 0 Å². The normalized spacial score (nSPS) is 11.8. The van der Waals surface area contributed by atoms with Crippen molar-refractivity contribution in [3.05, 3.63) is 23.0 Å². The van der Waals surface area contributed by atoms with Crippen LogP contribution in [-0.2, 0) is 13.2 Å². The van der Waals surface area contributed by atoms with E-state index < -0.39 is 17.8 Å². The minimum Gasteiger partial charge on any atom is -0.477 e. The lowest BCUT2D eigenvalue weighted by Crippen LogP contribution is -2.15. The van der Waals surface area contributed by atoms with E-state index in [9.17, 15) is 18.0 Å². The molecule has 0 amide bonds. The molecular formula is C8H8F3NO2. The summed E-state index contributed by atoms with van der Waals surface area (Å²) in [7, 11) is 1.08. The number of nitrogens with zero attached hydrogens (tertiary/aromatic N) is 1. The van der Waals surface area contributed by atoms with Crippen LogP contribution in [0.15, 0.2) is 6.07 Å². The van der Waals surface area contributed by atoms with E-state index >= 15 is 0 Å². The fraction of sp³-hybridized carbons (Fsp3) is 0.375. The molecule has 0 spiro atoms. The van der Waals surface area contributed by atoms with Crippen molar-refractivity contribution in [2.24, 2.45) is 7.05 Å². The second-order valence-electron chi connectivity index (χ2n) is 2.92. The van der Waals surface area contributed by atoms with E-state index in [0.29, 0.717) is 4.57 Å². The second-order valence-corrected chi connectivity index (χ2v) is 2.92. The molecule has 0 aliphatic carbocycles. The van der Waals surface area contributed by atoms with Crippen LogP contribution in [0.1, 0.15) is 21.7 Å². The first-order chi connectivity index (χ1) is 6.25. The first-order valence-corrected chi connectivity index (χ1v) is 3.72. The van der Waals surface area contributed by atoms with Gasteiger partial charge in [0.05, 0.1) is 0 Å². The molecule has 0 atom stereocenters. The van der Waals surface area contributed by atoms with Crippen LogP contribution in [0, 0.1) is 6.92 Å². The smallest absolute Gasteiger partial charge is 0.431 e. The summed E-state index contributed by atoms with van der Waals surface area (Å²) in [6.45, 7) is 1.23. The molecule has 78 valence electrons. The standard InChI is InChI=1S/C8H8F3NO2/c1-4-3-5(7(13)14)12(2)6(4)8(9,10)11/h3H,1-2H3,(H,13,14). The van der Waals surface area contributed by atoms with Gasteiger partial charge < -0.3 is 9.67 Å². The molecule has 0 bridgehead atoms. The number of rotatable bonds is 1. The summed E-state index contributed by atoms with van der Waals surface area (Å²) in [5.74, 6) is -1.37. The summed E-state index contributed by atoms with van der Waals surface area (Å²) in [5.41, 5.74) is -1.37. The van der Waals surface area contributed by atoms with Gasteiger partial charge >= 0.3 is 12.1 Å². The maximum Gasteiger partial charge on any atom is 0.431 e. The number of aryl methyl sites for hydroxylation is 1. The number of halogens is 3. The number of aromatic carboxylic acids is 1. The quantitative estimate of drug-likeness (QED) is 0.765. The maximum atomic E-state index is 12.4. The zero-order valence-corrected chi connectivity index (χ0v) is 7.51. The van der Waals surface area contributed by atoms with Gasteiger partial charge in [-0.2, -0.15) is 13.2 Å². The van der Waals surface area contributed by atoms with E-state index in [0.717, 1.165) is 13.1 Å². The Bertz CT molecular complexity index is 379. The first kappa shape index (κ1) is 10.6. The molecule has 3 nitrogen and oxygen atoms in total. The number of carboxylic acids is 1. The number of carbonyl (C=O) groups is 1. The van der Waals surface area contributed by atoms with Crippen molar-refractivity contribution in [1.29, 1.82) is 0 Å². The Morgan fingerprint density at radius 3 is 2.21 bits per heavy atom. The molecule has 1 heterocycles. The molecule has 1 aromatic rings. The molecule has 6 heteroatoms. The molecule has 1 aromatic heterocycles. The lowest BCUT2D eigenvalue weighted by atomic mass is 10.2. The van der Waals surface area contributed by atoms with E-state index in [2.05, 4.69) is 0 Å². The molecule has 0 aromatic carbocycles. The van der Waals surface area contributed by atoms with Gasteiger partial charge in [0, 0.05) is 7.05 Å². The number of hydrogen-bond donors (Lipinski definition) is 1. The average Bonchev–Trinajstić information content (AvgIpc) is 2.24. The molecule has 0 aliphatic rings. The highest BCUT2D eigenvalue weighted by molar-refractivity contribution is 5.86.